The number of carbonyl (C=O) groups is 3. The highest BCUT2D eigenvalue weighted by atomic mass is 16.5. The molecule has 1 fully saturated rings. The zero-order valence-electron chi connectivity index (χ0n) is 15.6. The Morgan fingerprint density at radius 3 is 2.67 bits per heavy atom. The number of hydrogen-bond donors (Lipinski definition) is 1. The molecule has 0 aliphatic carbocycles. The third kappa shape index (κ3) is 4.00. The molecule has 2 amide bonds. The number of ether oxygens (including phenoxy) is 1. The van der Waals surface area contributed by atoms with Crippen molar-refractivity contribution in [1.82, 2.24) is 0 Å². The molecule has 0 saturated carbocycles. The van der Waals surface area contributed by atoms with Crippen molar-refractivity contribution in [2.24, 2.45) is 5.92 Å². The van der Waals surface area contributed by atoms with E-state index in [4.69, 9.17) is 4.74 Å². The second-order valence-corrected chi connectivity index (χ2v) is 6.76. The Labute approximate surface area is 158 Å². The number of rotatable bonds is 4. The topological polar surface area (TPSA) is 75.7 Å². The molecular weight excluding hydrogens is 344 g/mol. The average Bonchev–Trinajstić information content (AvgIpc) is 3.05. The quantitative estimate of drug-likeness (QED) is 0.844. The van der Waals surface area contributed by atoms with Crippen LogP contribution in [0.3, 0.4) is 0 Å². The summed E-state index contributed by atoms with van der Waals surface area (Å²) in [5.74, 6) is -1.22. The number of esters is 1. The molecule has 1 atom stereocenters. The van der Waals surface area contributed by atoms with E-state index in [2.05, 4.69) is 5.32 Å². The Bertz CT molecular complexity index is 907. The third-order valence-corrected chi connectivity index (χ3v) is 4.70. The predicted molar refractivity (Wildman–Crippen MR) is 103 cm³/mol. The number of benzene rings is 2. The SMILES string of the molecule is COC(=O)c1cccc(NC(=O)C2CC(=O)N(c3cc(C)ccc3C)C2)c1. The third-order valence-electron chi connectivity index (χ3n) is 4.70. The van der Waals surface area contributed by atoms with Crippen molar-refractivity contribution in [2.75, 3.05) is 23.9 Å². The van der Waals surface area contributed by atoms with Crippen LogP contribution in [0.15, 0.2) is 42.5 Å². The highest BCUT2D eigenvalue weighted by molar-refractivity contribution is 6.04. The molecule has 2 aromatic carbocycles. The van der Waals surface area contributed by atoms with Gasteiger partial charge in [-0.25, -0.2) is 4.79 Å². The van der Waals surface area contributed by atoms with Crippen molar-refractivity contribution < 1.29 is 19.1 Å². The van der Waals surface area contributed by atoms with Gasteiger partial charge in [-0.2, -0.15) is 0 Å². The van der Waals surface area contributed by atoms with Crippen LogP contribution < -0.4 is 10.2 Å². The second kappa shape index (κ2) is 7.61. The van der Waals surface area contributed by atoms with E-state index in [9.17, 15) is 14.4 Å². The van der Waals surface area contributed by atoms with Crippen LogP contribution in [0.1, 0.15) is 27.9 Å². The maximum atomic E-state index is 12.6. The maximum Gasteiger partial charge on any atom is 0.337 e. The van der Waals surface area contributed by atoms with Crippen molar-refractivity contribution in [3.05, 3.63) is 59.2 Å². The molecule has 1 unspecified atom stereocenters. The van der Waals surface area contributed by atoms with E-state index in [0.29, 0.717) is 17.8 Å². The zero-order valence-corrected chi connectivity index (χ0v) is 15.6. The van der Waals surface area contributed by atoms with Crippen LogP contribution in [0.25, 0.3) is 0 Å². The number of hydrogen-bond acceptors (Lipinski definition) is 4. The van der Waals surface area contributed by atoms with Crippen molar-refractivity contribution in [3.63, 3.8) is 0 Å². The molecule has 1 aliphatic heterocycles. The van der Waals surface area contributed by atoms with Gasteiger partial charge in [0.25, 0.3) is 0 Å². The molecule has 140 valence electrons. The summed E-state index contributed by atoms with van der Waals surface area (Å²) in [5, 5.41) is 2.80. The van der Waals surface area contributed by atoms with E-state index in [0.717, 1.165) is 16.8 Å². The van der Waals surface area contributed by atoms with Crippen molar-refractivity contribution >= 4 is 29.2 Å². The van der Waals surface area contributed by atoms with Crippen molar-refractivity contribution in [3.8, 4) is 0 Å². The zero-order chi connectivity index (χ0) is 19.6. The molecule has 1 N–H and O–H groups in total. The minimum atomic E-state index is -0.469. The number of amides is 2. The van der Waals surface area contributed by atoms with E-state index >= 15 is 0 Å². The van der Waals surface area contributed by atoms with E-state index in [-0.39, 0.29) is 18.2 Å². The minimum absolute atomic E-state index is 0.0628. The normalized spacial score (nSPS) is 16.3. The molecule has 1 aliphatic rings. The van der Waals surface area contributed by atoms with E-state index in [1.807, 2.05) is 32.0 Å². The lowest BCUT2D eigenvalue weighted by Crippen LogP contribution is -2.28. The van der Waals surface area contributed by atoms with Crippen molar-refractivity contribution in [2.45, 2.75) is 20.3 Å². The molecular formula is C21H22N2O4. The lowest BCUT2D eigenvalue weighted by atomic mass is 10.1. The highest BCUT2D eigenvalue weighted by Gasteiger charge is 2.35. The Hall–Kier alpha value is -3.15. The predicted octanol–water partition coefficient (Wildman–Crippen LogP) is 3.08. The first-order valence-corrected chi connectivity index (χ1v) is 8.76. The standard InChI is InChI=1S/C21H22N2O4/c1-13-7-8-14(2)18(9-13)23-12-16(11-19(23)24)20(25)22-17-6-4-5-15(10-17)21(26)27-3/h4-10,16H,11-12H2,1-3H3,(H,22,25). The van der Waals surface area contributed by atoms with Crippen molar-refractivity contribution in [1.29, 1.82) is 0 Å². The van der Waals surface area contributed by atoms with Gasteiger partial charge >= 0.3 is 5.97 Å². The fraction of sp³-hybridized carbons (Fsp3) is 0.286. The molecule has 0 aromatic heterocycles. The first kappa shape index (κ1) is 18.6. The number of nitrogens with zero attached hydrogens (tertiary/aromatic N) is 1. The molecule has 2 aromatic rings. The van der Waals surface area contributed by atoms with Crippen LogP contribution >= 0.6 is 0 Å². The van der Waals surface area contributed by atoms with Gasteiger partial charge in [0.15, 0.2) is 0 Å². The van der Waals surface area contributed by atoms with Gasteiger partial charge < -0.3 is 15.0 Å². The molecule has 6 nitrogen and oxygen atoms in total. The molecule has 6 heteroatoms. The van der Waals surface area contributed by atoms with Crippen LogP contribution in [-0.2, 0) is 14.3 Å². The average molecular weight is 366 g/mol. The summed E-state index contributed by atoms with van der Waals surface area (Å²) in [6.45, 7) is 4.27. The highest BCUT2D eigenvalue weighted by Crippen LogP contribution is 2.29. The number of nitrogens with one attached hydrogen (secondary N) is 1. The van der Waals surface area contributed by atoms with Crippen LogP contribution in [0, 0.1) is 19.8 Å². The molecule has 0 bridgehead atoms. The first-order chi connectivity index (χ1) is 12.9. The Kier molecular flexibility index (Phi) is 5.26. The van der Waals surface area contributed by atoms with Gasteiger partial charge in [-0.3, -0.25) is 9.59 Å². The first-order valence-electron chi connectivity index (χ1n) is 8.76. The fourth-order valence-electron chi connectivity index (χ4n) is 3.21. The summed E-state index contributed by atoms with van der Waals surface area (Å²) >= 11 is 0. The largest absolute Gasteiger partial charge is 0.465 e. The Morgan fingerprint density at radius 1 is 1.15 bits per heavy atom. The van der Waals surface area contributed by atoms with Gasteiger partial charge in [0.2, 0.25) is 11.8 Å². The summed E-state index contributed by atoms with van der Waals surface area (Å²) in [7, 11) is 1.31. The van der Waals surface area contributed by atoms with Gasteiger partial charge in [-0.1, -0.05) is 18.2 Å². The molecule has 1 saturated heterocycles. The van der Waals surface area contributed by atoms with E-state index < -0.39 is 11.9 Å². The summed E-state index contributed by atoms with van der Waals surface area (Å²) in [6, 6.07) is 12.5. The van der Waals surface area contributed by atoms with Gasteiger partial charge in [0.1, 0.15) is 0 Å². The number of methoxy groups -OCH3 is 1. The van der Waals surface area contributed by atoms with Gasteiger partial charge in [-0.15, -0.1) is 0 Å². The Balaban J connectivity index is 1.73. The lowest BCUT2D eigenvalue weighted by Gasteiger charge is -2.19. The molecule has 3 rings (SSSR count). The summed E-state index contributed by atoms with van der Waals surface area (Å²) in [4.78, 5) is 38.4. The second-order valence-electron chi connectivity index (χ2n) is 6.76. The van der Waals surface area contributed by atoms with Crippen LogP contribution in [0.5, 0.6) is 0 Å². The van der Waals surface area contributed by atoms with Crippen LogP contribution in [0.4, 0.5) is 11.4 Å². The summed E-state index contributed by atoms with van der Waals surface area (Å²) in [5.41, 5.74) is 3.77. The minimum Gasteiger partial charge on any atom is -0.465 e. The smallest absolute Gasteiger partial charge is 0.337 e. The monoisotopic (exact) mass is 366 g/mol. The molecule has 27 heavy (non-hydrogen) atoms. The summed E-state index contributed by atoms with van der Waals surface area (Å²) < 4.78 is 4.69. The van der Waals surface area contributed by atoms with E-state index in [1.54, 1.807) is 29.2 Å². The van der Waals surface area contributed by atoms with Gasteiger partial charge in [-0.05, 0) is 49.2 Å². The van der Waals surface area contributed by atoms with Gasteiger partial charge in [0.05, 0.1) is 18.6 Å². The van der Waals surface area contributed by atoms with E-state index in [1.165, 1.54) is 7.11 Å². The Morgan fingerprint density at radius 2 is 1.93 bits per heavy atom. The summed E-state index contributed by atoms with van der Waals surface area (Å²) in [6.07, 6.45) is 0.163. The molecule has 0 radical (unpaired) electrons. The molecule has 1 heterocycles. The maximum absolute atomic E-state index is 12.6. The lowest BCUT2D eigenvalue weighted by molar-refractivity contribution is -0.122. The number of aryl methyl sites for hydroxylation is 2. The molecule has 0 spiro atoms. The number of anilines is 2. The van der Waals surface area contributed by atoms with Gasteiger partial charge in [0, 0.05) is 24.3 Å². The fourth-order valence-corrected chi connectivity index (χ4v) is 3.21. The van der Waals surface area contributed by atoms with Crippen LogP contribution in [0.2, 0.25) is 0 Å². The van der Waals surface area contributed by atoms with Crippen LogP contribution in [-0.4, -0.2) is 31.4 Å². The number of carbonyl (C=O) groups excluding carboxylic acids is 3.